The third kappa shape index (κ3) is 26.4. The topological polar surface area (TPSA) is 0 Å². The summed E-state index contributed by atoms with van der Waals surface area (Å²) in [6, 6.07) is 0. The lowest BCUT2D eigenvalue weighted by molar-refractivity contribution is 0.145. The molecular formula is C42H90. The summed E-state index contributed by atoms with van der Waals surface area (Å²) in [6.45, 7) is 47.0. The average molecular weight is 595 g/mol. The summed E-state index contributed by atoms with van der Waals surface area (Å²) in [5, 5.41) is 0. The van der Waals surface area contributed by atoms with Crippen molar-refractivity contribution in [2.24, 2.45) is 82.9 Å². The molecule has 258 valence electrons. The van der Waals surface area contributed by atoms with Gasteiger partial charge >= 0.3 is 0 Å². The van der Waals surface area contributed by atoms with Gasteiger partial charge in [-0.25, -0.2) is 0 Å². The van der Waals surface area contributed by atoms with Crippen LogP contribution in [0, 0.1) is 82.9 Å². The monoisotopic (exact) mass is 595 g/mol. The van der Waals surface area contributed by atoms with E-state index < -0.39 is 0 Å². The van der Waals surface area contributed by atoms with E-state index >= 15 is 0 Å². The van der Waals surface area contributed by atoms with Crippen molar-refractivity contribution in [1.82, 2.24) is 0 Å². The molecule has 0 aromatic carbocycles. The van der Waals surface area contributed by atoms with Crippen LogP contribution in [0.5, 0.6) is 0 Å². The summed E-state index contributed by atoms with van der Waals surface area (Å²) in [5.74, 6) is 12.2. The van der Waals surface area contributed by atoms with Gasteiger partial charge in [0.2, 0.25) is 0 Å². The minimum Gasteiger partial charge on any atom is -0.0625 e. The molecule has 0 bridgehead atoms. The van der Waals surface area contributed by atoms with E-state index in [1.165, 1.54) is 51.4 Å². The molecule has 1 aliphatic carbocycles. The minimum absolute atomic E-state index is 0.852. The van der Waals surface area contributed by atoms with Crippen LogP contribution >= 0.6 is 0 Å². The predicted molar refractivity (Wildman–Crippen MR) is 199 cm³/mol. The minimum atomic E-state index is 0.852. The van der Waals surface area contributed by atoms with Crippen LogP contribution in [0.25, 0.3) is 0 Å². The Labute approximate surface area is 272 Å². The van der Waals surface area contributed by atoms with E-state index in [9.17, 15) is 0 Å². The van der Waals surface area contributed by atoms with Gasteiger partial charge in [0, 0.05) is 0 Å². The normalized spacial score (nSPS) is 30.4. The summed E-state index contributed by atoms with van der Waals surface area (Å²) in [4.78, 5) is 0. The van der Waals surface area contributed by atoms with Crippen molar-refractivity contribution in [1.29, 1.82) is 0 Å². The Hall–Kier alpha value is 0. The van der Waals surface area contributed by atoms with Gasteiger partial charge in [0.15, 0.2) is 0 Å². The smallest absolute Gasteiger partial charge is 0.0386 e. The molecular weight excluding hydrogens is 504 g/mol. The summed E-state index contributed by atoms with van der Waals surface area (Å²) in [6.07, 6.45) is 11.5. The maximum atomic E-state index is 2.53. The fourth-order valence-electron chi connectivity index (χ4n) is 4.96. The number of hydrogen-bond acceptors (Lipinski definition) is 0. The van der Waals surface area contributed by atoms with Gasteiger partial charge in [-0.05, 0) is 89.3 Å². The quantitative estimate of drug-likeness (QED) is 0.305. The van der Waals surface area contributed by atoms with Crippen molar-refractivity contribution in [3.63, 3.8) is 0 Å². The third-order valence-electron chi connectivity index (χ3n) is 11.9. The van der Waals surface area contributed by atoms with Crippen molar-refractivity contribution in [3.05, 3.63) is 0 Å². The first-order valence-electron chi connectivity index (χ1n) is 19.1. The van der Waals surface area contributed by atoms with Crippen LogP contribution in [0.15, 0.2) is 0 Å². The second-order valence-corrected chi connectivity index (χ2v) is 17.6. The van der Waals surface area contributed by atoms with E-state index in [2.05, 4.69) is 138 Å². The first-order valence-corrected chi connectivity index (χ1v) is 19.1. The fourth-order valence-corrected chi connectivity index (χ4v) is 4.96. The Morgan fingerprint density at radius 1 is 0.310 bits per heavy atom. The van der Waals surface area contributed by atoms with Crippen molar-refractivity contribution in [3.8, 4) is 0 Å². The van der Waals surface area contributed by atoms with Crippen LogP contribution in [0.2, 0.25) is 0 Å². The van der Waals surface area contributed by atoms with Gasteiger partial charge in [-0.2, -0.15) is 0 Å². The molecule has 8 atom stereocenters. The zero-order valence-corrected chi connectivity index (χ0v) is 33.7. The van der Waals surface area contributed by atoms with Gasteiger partial charge in [0.05, 0.1) is 0 Å². The van der Waals surface area contributed by atoms with Crippen LogP contribution in [0.3, 0.4) is 0 Å². The third-order valence-corrected chi connectivity index (χ3v) is 11.9. The Kier molecular flexibility index (Phi) is 29.0. The van der Waals surface area contributed by atoms with E-state index in [0.717, 1.165) is 82.9 Å². The van der Waals surface area contributed by atoms with Crippen molar-refractivity contribution in [2.75, 3.05) is 0 Å². The maximum Gasteiger partial charge on any atom is -0.0386 e. The molecule has 1 rings (SSSR count). The number of rotatable bonds is 3. The first-order chi connectivity index (χ1) is 19.1. The average Bonchev–Trinajstić information content (AvgIpc) is 2.89. The second-order valence-electron chi connectivity index (χ2n) is 17.6. The van der Waals surface area contributed by atoms with Gasteiger partial charge < -0.3 is 0 Å². The van der Waals surface area contributed by atoms with Gasteiger partial charge in [-0.1, -0.05) is 183 Å². The largest absolute Gasteiger partial charge is 0.0625 e. The van der Waals surface area contributed by atoms with E-state index in [1.54, 1.807) is 0 Å². The van der Waals surface area contributed by atoms with Crippen molar-refractivity contribution in [2.45, 2.75) is 190 Å². The Morgan fingerprint density at radius 3 is 0.929 bits per heavy atom. The molecule has 0 heterocycles. The standard InChI is InChI=1S/C24H48.3C6H14/c1-17-10-9-11-20(4)22(6)24(8)23(7)21(5)16-19(3)15-14-18(2)13-12-17;3*1-5(2)6(3)4/h17-24H,9-16H2,1-8H3;3*5-6H,1-4H3. The Balaban J connectivity index is -0.000000682. The van der Waals surface area contributed by atoms with Crippen molar-refractivity contribution >= 4 is 0 Å². The molecule has 1 fully saturated rings. The highest BCUT2D eigenvalue weighted by Crippen LogP contribution is 2.36. The molecule has 0 amide bonds. The van der Waals surface area contributed by atoms with E-state index in [-0.39, 0.29) is 0 Å². The predicted octanol–water partition coefficient (Wildman–Crippen LogP) is 15.1. The molecule has 0 nitrogen and oxygen atoms in total. The van der Waals surface area contributed by atoms with Crippen LogP contribution in [-0.2, 0) is 0 Å². The molecule has 0 N–H and O–H groups in total. The Morgan fingerprint density at radius 2 is 0.595 bits per heavy atom. The molecule has 0 aromatic heterocycles. The van der Waals surface area contributed by atoms with Crippen LogP contribution in [0.4, 0.5) is 0 Å². The molecule has 8 unspecified atom stereocenters. The molecule has 0 heteroatoms. The summed E-state index contributed by atoms with van der Waals surface area (Å²) >= 11 is 0. The van der Waals surface area contributed by atoms with Crippen LogP contribution in [-0.4, -0.2) is 0 Å². The van der Waals surface area contributed by atoms with Gasteiger partial charge in [0.25, 0.3) is 0 Å². The molecule has 1 saturated carbocycles. The van der Waals surface area contributed by atoms with Gasteiger partial charge in [-0.3, -0.25) is 0 Å². The van der Waals surface area contributed by atoms with E-state index in [1.807, 2.05) is 0 Å². The highest BCUT2D eigenvalue weighted by Gasteiger charge is 2.28. The lowest BCUT2D eigenvalue weighted by Crippen LogP contribution is -2.27. The van der Waals surface area contributed by atoms with Crippen LogP contribution in [0.1, 0.15) is 190 Å². The lowest BCUT2D eigenvalue weighted by Gasteiger charge is -2.35. The van der Waals surface area contributed by atoms with Crippen LogP contribution < -0.4 is 0 Å². The summed E-state index contributed by atoms with van der Waals surface area (Å²) < 4.78 is 0. The molecule has 0 aromatic rings. The van der Waals surface area contributed by atoms with Gasteiger partial charge in [0.1, 0.15) is 0 Å². The Bertz CT molecular complexity index is 506. The zero-order chi connectivity index (χ0) is 33.7. The zero-order valence-electron chi connectivity index (χ0n) is 33.7. The fraction of sp³-hybridized carbons (Fsp3) is 1.00. The van der Waals surface area contributed by atoms with Crippen molar-refractivity contribution < 1.29 is 0 Å². The first kappa shape index (κ1) is 46.4. The van der Waals surface area contributed by atoms with E-state index in [0.29, 0.717) is 0 Å². The molecule has 0 aliphatic heterocycles. The highest BCUT2D eigenvalue weighted by molar-refractivity contribution is 4.77. The highest BCUT2D eigenvalue weighted by atomic mass is 14.3. The number of hydrogen-bond donors (Lipinski definition) is 0. The van der Waals surface area contributed by atoms with E-state index in [4.69, 9.17) is 0 Å². The molecule has 0 radical (unpaired) electrons. The molecule has 0 spiro atoms. The molecule has 1 aliphatic rings. The van der Waals surface area contributed by atoms with Gasteiger partial charge in [-0.15, -0.1) is 0 Å². The summed E-state index contributed by atoms with van der Waals surface area (Å²) in [5.41, 5.74) is 0. The summed E-state index contributed by atoms with van der Waals surface area (Å²) in [7, 11) is 0. The maximum absolute atomic E-state index is 2.53. The molecule has 0 saturated heterocycles. The lowest BCUT2D eigenvalue weighted by atomic mass is 9.71. The molecule has 42 heavy (non-hydrogen) atoms. The SMILES string of the molecule is CC(C)C(C)C.CC(C)C(C)C.CC(C)C(C)C.CC1CCCC(C)C(C)C(C)C(C)C(C)CC(C)CCC(C)CC1. The second kappa shape index (κ2) is 26.2.